The Morgan fingerprint density at radius 3 is 2.92 bits per heavy atom. The van der Waals surface area contributed by atoms with Crippen LogP contribution in [0.3, 0.4) is 0 Å². The van der Waals surface area contributed by atoms with Gasteiger partial charge in [0, 0.05) is 53.8 Å². The van der Waals surface area contributed by atoms with Crippen molar-refractivity contribution in [1.82, 2.24) is 25.4 Å². The van der Waals surface area contributed by atoms with Crippen molar-refractivity contribution < 1.29 is 9.53 Å². The molecule has 0 aliphatic carbocycles. The first kappa shape index (κ1) is 25.1. The van der Waals surface area contributed by atoms with Crippen LogP contribution < -0.4 is 16.0 Å². The fourth-order valence-electron chi connectivity index (χ4n) is 6.13. The molecule has 5 N–H and O–H groups in total. The van der Waals surface area contributed by atoms with Gasteiger partial charge in [-0.05, 0) is 56.2 Å². The Kier molecular flexibility index (Phi) is 6.82. The van der Waals surface area contributed by atoms with Crippen molar-refractivity contribution in [2.45, 2.75) is 38.9 Å². The SMILES string of the molecule is C=N.CC#Cc1cc2c(c(Cl)c1-c1c(C)ccc3[nH]ncc13)OCC1C3CCN(C(=O)NN)CC3N1C2. The van der Waals surface area contributed by atoms with Crippen LogP contribution in [-0.4, -0.2) is 64.5 Å². The Morgan fingerprint density at radius 2 is 2.16 bits per heavy atom. The van der Waals surface area contributed by atoms with E-state index in [4.69, 9.17) is 27.6 Å². The fraction of sp³-hybridized carbons (Fsp3) is 0.370. The molecule has 2 amide bonds. The lowest BCUT2D eigenvalue weighted by Crippen LogP contribution is -2.71. The number of rotatable bonds is 1. The number of fused-ring (bicyclic) bond motifs is 6. The number of piperidine rings is 1. The molecule has 0 bridgehead atoms. The molecule has 1 aromatic heterocycles. The summed E-state index contributed by atoms with van der Waals surface area (Å²) in [6.45, 7) is 9.05. The topological polar surface area (TPSA) is 123 Å². The van der Waals surface area contributed by atoms with Crippen LogP contribution in [0.2, 0.25) is 5.02 Å². The zero-order chi connectivity index (χ0) is 26.3. The van der Waals surface area contributed by atoms with Crippen molar-refractivity contribution in [3.8, 4) is 28.7 Å². The van der Waals surface area contributed by atoms with Crippen LogP contribution in [-0.2, 0) is 6.54 Å². The van der Waals surface area contributed by atoms with Gasteiger partial charge in [-0.2, -0.15) is 5.10 Å². The Hall–Kier alpha value is -3.58. The standard InChI is InChI=1S/C26H27ClN6O2.CH3N/c1-3-4-15-9-16-11-33-20-12-32(26(34)30-28)8-7-17(20)21(33)13-35-25(16)24(27)23(15)22-14(2)5-6-19-18(22)10-29-31-19;1-2/h5-6,9-10,17,20-21H,7-8,11-13,28H2,1-2H3,(H,29,31)(H,30,34);2H,1H2. The number of nitrogens with one attached hydrogen (secondary N) is 3. The number of halogens is 1. The average Bonchev–Trinajstić information content (AvgIpc) is 3.32. The first-order valence-corrected chi connectivity index (χ1v) is 12.6. The predicted octanol–water partition coefficient (Wildman–Crippen LogP) is 3.68. The molecule has 0 saturated carbocycles. The van der Waals surface area contributed by atoms with E-state index in [0.29, 0.717) is 43.2 Å². The molecule has 9 nitrogen and oxygen atoms in total. The smallest absolute Gasteiger partial charge is 0.331 e. The van der Waals surface area contributed by atoms with Crippen LogP contribution in [0.15, 0.2) is 24.4 Å². The van der Waals surface area contributed by atoms with Gasteiger partial charge in [0.2, 0.25) is 0 Å². The predicted molar refractivity (Wildman–Crippen MR) is 145 cm³/mol. The van der Waals surface area contributed by atoms with Crippen molar-refractivity contribution in [1.29, 1.82) is 5.41 Å². The van der Waals surface area contributed by atoms with Gasteiger partial charge in [0.15, 0.2) is 0 Å². The Morgan fingerprint density at radius 1 is 1.35 bits per heavy atom. The molecule has 3 aliphatic rings. The molecule has 2 fully saturated rings. The molecule has 3 unspecified atom stereocenters. The zero-order valence-corrected chi connectivity index (χ0v) is 21.7. The number of hydrogen-bond acceptors (Lipinski definition) is 6. The summed E-state index contributed by atoms with van der Waals surface area (Å²) >= 11 is 7.15. The number of carbonyl (C=O) groups excluding carboxylic acids is 1. The molecule has 2 saturated heterocycles. The third kappa shape index (κ3) is 4.02. The van der Waals surface area contributed by atoms with Crippen molar-refractivity contribution in [2.24, 2.45) is 11.8 Å². The minimum absolute atomic E-state index is 0.227. The summed E-state index contributed by atoms with van der Waals surface area (Å²) in [6.07, 6.45) is 2.77. The van der Waals surface area contributed by atoms with Gasteiger partial charge >= 0.3 is 6.03 Å². The van der Waals surface area contributed by atoms with Crippen molar-refractivity contribution in [2.75, 3.05) is 19.7 Å². The lowest BCUT2D eigenvalue weighted by Gasteiger charge is -2.58. The summed E-state index contributed by atoms with van der Waals surface area (Å²) in [5, 5.41) is 14.4. The highest BCUT2D eigenvalue weighted by atomic mass is 35.5. The zero-order valence-electron chi connectivity index (χ0n) is 20.9. The number of benzene rings is 2. The molecule has 3 atom stereocenters. The first-order valence-electron chi connectivity index (χ1n) is 12.2. The van der Waals surface area contributed by atoms with Gasteiger partial charge < -0.3 is 15.0 Å². The maximum Gasteiger partial charge on any atom is 0.331 e. The summed E-state index contributed by atoms with van der Waals surface area (Å²) in [5.74, 6) is 12.9. The van der Waals surface area contributed by atoms with Crippen LogP contribution in [0.4, 0.5) is 4.79 Å². The summed E-state index contributed by atoms with van der Waals surface area (Å²) in [4.78, 5) is 16.3. The number of likely N-dealkylation sites (tertiary alicyclic amines) is 1. The minimum atomic E-state index is -0.227. The second kappa shape index (κ2) is 10.1. The third-order valence-electron chi connectivity index (χ3n) is 7.78. The number of aromatic nitrogens is 2. The van der Waals surface area contributed by atoms with Gasteiger partial charge in [0.25, 0.3) is 0 Å². The van der Waals surface area contributed by atoms with Gasteiger partial charge in [0.1, 0.15) is 12.4 Å². The van der Waals surface area contributed by atoms with E-state index in [2.05, 4.69) is 58.1 Å². The van der Waals surface area contributed by atoms with Crippen LogP contribution in [0.5, 0.6) is 5.75 Å². The van der Waals surface area contributed by atoms with Crippen LogP contribution in [0.1, 0.15) is 30.0 Å². The van der Waals surface area contributed by atoms with E-state index in [0.717, 1.165) is 50.9 Å². The molecular formula is C27H30ClN7O2. The molecule has 192 valence electrons. The second-order valence-electron chi connectivity index (χ2n) is 9.53. The molecule has 3 aromatic rings. The van der Waals surface area contributed by atoms with Gasteiger partial charge in [-0.1, -0.05) is 23.6 Å². The summed E-state index contributed by atoms with van der Waals surface area (Å²) in [7, 11) is 0. The first-order chi connectivity index (χ1) is 18.0. The quantitative estimate of drug-likeness (QED) is 0.128. The van der Waals surface area contributed by atoms with Gasteiger partial charge in [-0.3, -0.25) is 15.4 Å². The number of carbonyl (C=O) groups is 1. The molecule has 0 spiro atoms. The van der Waals surface area contributed by atoms with Crippen LogP contribution in [0, 0.1) is 30.1 Å². The summed E-state index contributed by atoms with van der Waals surface area (Å²) < 4.78 is 6.43. The fourth-order valence-corrected chi connectivity index (χ4v) is 6.50. The van der Waals surface area contributed by atoms with Crippen molar-refractivity contribution in [3.63, 3.8) is 0 Å². The number of amides is 2. The normalized spacial score (nSPS) is 21.9. The van der Waals surface area contributed by atoms with Gasteiger partial charge in [-0.15, -0.1) is 5.92 Å². The minimum Gasteiger partial charge on any atom is -0.490 e. The Labute approximate surface area is 220 Å². The maximum absolute atomic E-state index is 12.1. The molecule has 2 aromatic carbocycles. The number of aromatic amines is 1. The van der Waals surface area contributed by atoms with Gasteiger partial charge in [-0.25, -0.2) is 10.6 Å². The van der Waals surface area contributed by atoms with E-state index in [1.807, 2.05) is 19.2 Å². The third-order valence-corrected chi connectivity index (χ3v) is 8.14. The van der Waals surface area contributed by atoms with Crippen LogP contribution >= 0.6 is 11.6 Å². The Balaban J connectivity index is 0.00000137. The summed E-state index contributed by atoms with van der Waals surface area (Å²) in [6, 6.07) is 6.57. The number of nitrogens with two attached hydrogens (primary N) is 1. The van der Waals surface area contributed by atoms with E-state index in [1.165, 1.54) is 0 Å². The van der Waals surface area contributed by atoms with Crippen molar-refractivity contribution in [3.05, 3.63) is 46.1 Å². The van der Waals surface area contributed by atoms with E-state index in [1.54, 1.807) is 4.90 Å². The molecule has 10 heteroatoms. The average molecular weight is 520 g/mol. The van der Waals surface area contributed by atoms with E-state index < -0.39 is 0 Å². The number of hydrazine groups is 1. The number of urea groups is 1. The molecular weight excluding hydrogens is 490 g/mol. The highest BCUT2D eigenvalue weighted by Crippen LogP contribution is 2.48. The largest absolute Gasteiger partial charge is 0.490 e. The Bertz CT molecular complexity index is 1430. The number of nitrogens with zero attached hydrogens (tertiary/aromatic N) is 3. The van der Waals surface area contributed by atoms with Gasteiger partial charge in [0.05, 0.1) is 16.7 Å². The maximum atomic E-state index is 12.1. The highest BCUT2D eigenvalue weighted by molar-refractivity contribution is 6.35. The number of hydrogen-bond donors (Lipinski definition) is 4. The van der Waals surface area contributed by atoms with E-state index in [-0.39, 0.29) is 12.1 Å². The number of ether oxygens (including phenoxy) is 1. The lowest BCUT2D eigenvalue weighted by molar-refractivity contribution is -0.106. The molecule has 37 heavy (non-hydrogen) atoms. The van der Waals surface area contributed by atoms with Crippen molar-refractivity contribution >= 4 is 35.3 Å². The monoisotopic (exact) mass is 519 g/mol. The summed E-state index contributed by atoms with van der Waals surface area (Å²) in [5.41, 5.74) is 8.12. The molecule has 0 radical (unpaired) electrons. The molecule has 6 rings (SSSR count). The molecule has 3 aliphatic heterocycles. The molecule has 4 heterocycles. The van der Waals surface area contributed by atoms with E-state index in [9.17, 15) is 4.79 Å². The lowest BCUT2D eigenvalue weighted by atomic mass is 9.75. The highest BCUT2D eigenvalue weighted by Gasteiger charge is 2.52. The van der Waals surface area contributed by atoms with E-state index >= 15 is 0 Å². The second-order valence-corrected chi connectivity index (χ2v) is 9.91. The number of aryl methyl sites for hydroxylation is 1. The number of H-pyrrole nitrogens is 1. The van der Waals surface area contributed by atoms with Crippen LogP contribution in [0.25, 0.3) is 22.0 Å².